The molecule has 0 aliphatic carbocycles. The summed E-state index contributed by atoms with van der Waals surface area (Å²) in [4.78, 5) is 29.6. The third-order valence-corrected chi connectivity index (χ3v) is 3.77. The van der Waals surface area contributed by atoms with Crippen LogP contribution in [0.15, 0.2) is 48.7 Å². The summed E-state index contributed by atoms with van der Waals surface area (Å²) in [6, 6.07) is 12.1. The van der Waals surface area contributed by atoms with Gasteiger partial charge in [0.2, 0.25) is 5.82 Å². The lowest BCUT2D eigenvalue weighted by Gasteiger charge is -2.19. The summed E-state index contributed by atoms with van der Waals surface area (Å²) in [7, 11) is 0. The highest BCUT2D eigenvalue weighted by atomic mass is 35.5. The summed E-state index contributed by atoms with van der Waals surface area (Å²) in [5, 5.41) is 6.14. The van der Waals surface area contributed by atoms with Crippen LogP contribution in [0.2, 0.25) is 5.02 Å². The Morgan fingerprint density at radius 1 is 1.08 bits per heavy atom. The highest BCUT2D eigenvalue weighted by Gasteiger charge is 2.24. The van der Waals surface area contributed by atoms with Crippen molar-refractivity contribution in [2.24, 2.45) is 0 Å². The number of benzene rings is 1. The van der Waals surface area contributed by atoms with Crippen molar-refractivity contribution in [3.63, 3.8) is 0 Å². The number of pyridine rings is 1. The SMILES string of the molecule is CC(C)(C)NC(=O)c1nc(C(=O)Nc2cccc(Cl)c2)n2ccccc12. The Bertz CT molecular complexity index is 989. The topological polar surface area (TPSA) is 75.5 Å². The molecule has 2 heterocycles. The molecule has 3 aromatic rings. The number of nitrogens with zero attached hydrogens (tertiary/aromatic N) is 2. The smallest absolute Gasteiger partial charge is 0.292 e. The molecule has 0 spiro atoms. The van der Waals surface area contributed by atoms with Crippen molar-refractivity contribution < 1.29 is 9.59 Å². The second-order valence-corrected chi connectivity index (χ2v) is 7.34. The fraction of sp³-hybridized carbons (Fsp3) is 0.211. The third kappa shape index (κ3) is 3.86. The lowest BCUT2D eigenvalue weighted by Crippen LogP contribution is -2.40. The summed E-state index contributed by atoms with van der Waals surface area (Å²) >= 11 is 5.95. The van der Waals surface area contributed by atoms with Crippen LogP contribution in [-0.2, 0) is 0 Å². The van der Waals surface area contributed by atoms with E-state index in [1.165, 1.54) is 0 Å². The Morgan fingerprint density at radius 2 is 1.85 bits per heavy atom. The average molecular weight is 371 g/mol. The second-order valence-electron chi connectivity index (χ2n) is 6.91. The molecule has 26 heavy (non-hydrogen) atoms. The number of hydrogen-bond donors (Lipinski definition) is 2. The van der Waals surface area contributed by atoms with Gasteiger partial charge in [0.25, 0.3) is 11.8 Å². The fourth-order valence-corrected chi connectivity index (χ4v) is 2.71. The Hall–Kier alpha value is -2.86. The van der Waals surface area contributed by atoms with E-state index >= 15 is 0 Å². The number of amides is 2. The first kappa shape index (κ1) is 17.9. The molecular formula is C19H19ClN4O2. The maximum Gasteiger partial charge on any atom is 0.292 e. The van der Waals surface area contributed by atoms with Crippen molar-refractivity contribution >= 4 is 34.6 Å². The van der Waals surface area contributed by atoms with Crippen LogP contribution in [0, 0.1) is 0 Å². The number of rotatable bonds is 3. The summed E-state index contributed by atoms with van der Waals surface area (Å²) in [5.41, 5.74) is 0.906. The van der Waals surface area contributed by atoms with Crippen LogP contribution in [0.25, 0.3) is 5.52 Å². The van der Waals surface area contributed by atoms with Gasteiger partial charge in [-0.2, -0.15) is 0 Å². The van der Waals surface area contributed by atoms with Crippen molar-refractivity contribution in [1.82, 2.24) is 14.7 Å². The van der Waals surface area contributed by atoms with Crippen LogP contribution in [0.4, 0.5) is 5.69 Å². The summed E-state index contributed by atoms with van der Waals surface area (Å²) < 4.78 is 1.59. The molecule has 0 saturated heterocycles. The molecule has 0 atom stereocenters. The number of imidazole rings is 1. The van der Waals surface area contributed by atoms with Gasteiger partial charge in [-0.25, -0.2) is 4.98 Å². The van der Waals surface area contributed by atoms with Crippen LogP contribution < -0.4 is 10.6 Å². The monoisotopic (exact) mass is 370 g/mol. The Morgan fingerprint density at radius 3 is 2.54 bits per heavy atom. The maximum absolute atomic E-state index is 12.7. The Labute approximate surface area is 156 Å². The van der Waals surface area contributed by atoms with Crippen LogP contribution in [0.1, 0.15) is 41.9 Å². The standard InChI is InChI=1S/C19H19ClN4O2/c1-19(2,3)23-17(25)15-14-9-4-5-10-24(14)16(22-15)18(26)21-13-8-6-7-12(20)11-13/h4-11H,1-3H3,(H,21,26)(H,23,25). The lowest BCUT2D eigenvalue weighted by molar-refractivity contribution is 0.0916. The first-order valence-electron chi connectivity index (χ1n) is 8.11. The lowest BCUT2D eigenvalue weighted by atomic mass is 10.1. The number of carbonyl (C=O) groups excluding carboxylic acids is 2. The third-order valence-electron chi connectivity index (χ3n) is 3.54. The predicted molar refractivity (Wildman–Crippen MR) is 102 cm³/mol. The molecule has 134 valence electrons. The molecule has 0 radical (unpaired) electrons. The molecule has 0 saturated carbocycles. The van der Waals surface area contributed by atoms with Crippen LogP contribution in [0.5, 0.6) is 0 Å². The molecular weight excluding hydrogens is 352 g/mol. The minimum atomic E-state index is -0.428. The average Bonchev–Trinajstić information content (AvgIpc) is 2.93. The van der Waals surface area contributed by atoms with E-state index in [1.54, 1.807) is 53.1 Å². The predicted octanol–water partition coefficient (Wildman–Crippen LogP) is 3.77. The summed E-state index contributed by atoms with van der Waals surface area (Å²) in [6.07, 6.45) is 1.70. The molecule has 0 unspecified atom stereocenters. The van der Waals surface area contributed by atoms with Gasteiger partial charge >= 0.3 is 0 Å². The van der Waals surface area contributed by atoms with Gasteiger partial charge in [0.05, 0.1) is 5.52 Å². The van der Waals surface area contributed by atoms with Crippen LogP contribution in [0.3, 0.4) is 0 Å². The molecule has 2 aromatic heterocycles. The summed E-state index contributed by atoms with van der Waals surface area (Å²) in [5.74, 6) is -0.633. The number of carbonyl (C=O) groups is 2. The number of halogens is 1. The second kappa shape index (κ2) is 6.80. The van der Waals surface area contributed by atoms with E-state index in [9.17, 15) is 9.59 Å². The maximum atomic E-state index is 12.7. The zero-order chi connectivity index (χ0) is 18.9. The minimum absolute atomic E-state index is 0.125. The Kier molecular flexibility index (Phi) is 4.70. The van der Waals surface area contributed by atoms with Gasteiger partial charge in [-0.1, -0.05) is 23.7 Å². The van der Waals surface area contributed by atoms with Crippen molar-refractivity contribution in [3.8, 4) is 0 Å². The normalized spacial score (nSPS) is 11.4. The van der Waals surface area contributed by atoms with E-state index in [2.05, 4.69) is 15.6 Å². The summed E-state index contributed by atoms with van der Waals surface area (Å²) in [6.45, 7) is 5.65. The van der Waals surface area contributed by atoms with Crippen molar-refractivity contribution in [3.05, 3.63) is 65.2 Å². The van der Waals surface area contributed by atoms with E-state index < -0.39 is 11.4 Å². The number of anilines is 1. The zero-order valence-corrected chi connectivity index (χ0v) is 15.5. The first-order chi connectivity index (χ1) is 12.2. The number of fused-ring (bicyclic) bond motifs is 1. The van der Waals surface area contributed by atoms with E-state index in [0.717, 1.165) is 0 Å². The molecule has 7 heteroatoms. The van der Waals surface area contributed by atoms with Gasteiger partial charge in [-0.05, 0) is 51.1 Å². The minimum Gasteiger partial charge on any atom is -0.346 e. The van der Waals surface area contributed by atoms with Crippen molar-refractivity contribution in [2.75, 3.05) is 5.32 Å². The van der Waals surface area contributed by atoms with Crippen LogP contribution in [-0.4, -0.2) is 26.7 Å². The molecule has 0 bridgehead atoms. The molecule has 0 aliphatic heterocycles. The molecule has 0 fully saturated rings. The highest BCUT2D eigenvalue weighted by molar-refractivity contribution is 6.31. The van der Waals surface area contributed by atoms with Gasteiger partial charge in [0.15, 0.2) is 5.69 Å². The largest absolute Gasteiger partial charge is 0.346 e. The van der Waals surface area contributed by atoms with Gasteiger partial charge in [0, 0.05) is 22.4 Å². The Balaban J connectivity index is 1.98. The molecule has 1 aromatic carbocycles. The van der Waals surface area contributed by atoms with Gasteiger partial charge in [0.1, 0.15) is 0 Å². The first-order valence-corrected chi connectivity index (χ1v) is 8.49. The number of aromatic nitrogens is 2. The molecule has 0 aliphatic rings. The molecule has 6 nitrogen and oxygen atoms in total. The molecule has 2 amide bonds. The van der Waals surface area contributed by atoms with Crippen LogP contribution >= 0.6 is 11.6 Å². The van der Waals surface area contributed by atoms with Gasteiger partial charge < -0.3 is 10.6 Å². The van der Waals surface area contributed by atoms with E-state index in [1.807, 2.05) is 20.8 Å². The van der Waals surface area contributed by atoms with Gasteiger partial charge in [-0.3, -0.25) is 14.0 Å². The molecule has 2 N–H and O–H groups in total. The van der Waals surface area contributed by atoms with E-state index in [-0.39, 0.29) is 17.4 Å². The number of hydrogen-bond acceptors (Lipinski definition) is 3. The quantitative estimate of drug-likeness (QED) is 0.736. The fourth-order valence-electron chi connectivity index (χ4n) is 2.52. The van der Waals surface area contributed by atoms with E-state index in [4.69, 9.17) is 11.6 Å². The van der Waals surface area contributed by atoms with E-state index in [0.29, 0.717) is 16.2 Å². The highest BCUT2D eigenvalue weighted by Crippen LogP contribution is 2.18. The van der Waals surface area contributed by atoms with Crippen molar-refractivity contribution in [2.45, 2.75) is 26.3 Å². The van der Waals surface area contributed by atoms with Crippen molar-refractivity contribution in [1.29, 1.82) is 0 Å². The number of nitrogens with one attached hydrogen (secondary N) is 2. The molecule has 3 rings (SSSR count). The van der Waals surface area contributed by atoms with Gasteiger partial charge in [-0.15, -0.1) is 0 Å². The zero-order valence-electron chi connectivity index (χ0n) is 14.7.